The average molecular weight is 658 g/mol. The first-order valence-corrected chi connectivity index (χ1v) is 18.5. The summed E-state index contributed by atoms with van der Waals surface area (Å²) in [6, 6.07) is 16.6. The van der Waals surface area contributed by atoms with Crippen LogP contribution in [-0.2, 0) is 27.8 Å². The van der Waals surface area contributed by atoms with E-state index in [1.807, 2.05) is 0 Å². The van der Waals surface area contributed by atoms with E-state index in [2.05, 4.69) is 77.2 Å². The van der Waals surface area contributed by atoms with Gasteiger partial charge in [0, 0.05) is 68.0 Å². The number of benzene rings is 2. The highest BCUT2D eigenvalue weighted by atomic mass is 32.2. The van der Waals surface area contributed by atoms with Gasteiger partial charge in [-0.15, -0.1) is 0 Å². The summed E-state index contributed by atoms with van der Waals surface area (Å²) in [6.07, 6.45) is 4.36. The van der Waals surface area contributed by atoms with Crippen LogP contribution >= 0.6 is 0 Å². The van der Waals surface area contributed by atoms with Gasteiger partial charge < -0.3 is 24.3 Å². The number of aromatic nitrogens is 1. The van der Waals surface area contributed by atoms with Crippen molar-refractivity contribution in [2.24, 2.45) is 0 Å². The number of anilines is 2. The van der Waals surface area contributed by atoms with E-state index >= 15 is 0 Å². The molecule has 7 rings (SSSR count). The van der Waals surface area contributed by atoms with Crippen LogP contribution in [0, 0.1) is 18.3 Å². The number of sulfonamides is 1. The van der Waals surface area contributed by atoms with Gasteiger partial charge in [0.15, 0.2) is 0 Å². The highest BCUT2D eigenvalue weighted by Crippen LogP contribution is 2.37. The fourth-order valence-electron chi connectivity index (χ4n) is 7.71. The van der Waals surface area contributed by atoms with Crippen molar-refractivity contribution in [1.29, 1.82) is 5.26 Å². The third-order valence-corrected chi connectivity index (χ3v) is 11.6. The quantitative estimate of drug-likeness (QED) is 0.337. The van der Waals surface area contributed by atoms with Gasteiger partial charge in [0.2, 0.25) is 21.8 Å². The fraction of sp³-hybridized carbons (Fsp3) is 0.514. The number of carbonyl (C=O) groups excluding carboxylic acids is 1. The summed E-state index contributed by atoms with van der Waals surface area (Å²) in [6.45, 7) is 6.97. The molecule has 11 nitrogen and oxygen atoms in total. The predicted molar refractivity (Wildman–Crippen MR) is 182 cm³/mol. The molecule has 0 bridgehead atoms. The van der Waals surface area contributed by atoms with Crippen LogP contribution in [0.5, 0.6) is 5.88 Å². The molecule has 3 fully saturated rings. The largest absolute Gasteiger partial charge is 0.476 e. The molecule has 47 heavy (non-hydrogen) atoms. The van der Waals surface area contributed by atoms with Gasteiger partial charge in [0.25, 0.3) is 0 Å². The number of hydrogen-bond acceptors (Lipinski definition) is 9. The van der Waals surface area contributed by atoms with Crippen LogP contribution < -0.4 is 14.5 Å². The Morgan fingerprint density at radius 2 is 1.87 bits per heavy atom. The van der Waals surface area contributed by atoms with Crippen LogP contribution in [0.2, 0.25) is 0 Å². The van der Waals surface area contributed by atoms with Crippen molar-refractivity contribution < 1.29 is 17.9 Å². The average Bonchev–Trinajstić information content (AvgIpc) is 3.78. The van der Waals surface area contributed by atoms with Gasteiger partial charge in [-0.25, -0.2) is 8.42 Å². The molecule has 4 atom stereocenters. The van der Waals surface area contributed by atoms with Gasteiger partial charge in [0.1, 0.15) is 18.5 Å². The number of fused-ring (bicyclic) bond motifs is 2. The second-order valence-corrected chi connectivity index (χ2v) is 15.4. The van der Waals surface area contributed by atoms with E-state index in [0.717, 1.165) is 44.5 Å². The number of nitrogens with zero attached hydrogens (tertiary/aromatic N) is 7. The summed E-state index contributed by atoms with van der Waals surface area (Å²) in [5.74, 6) is 1.25. The summed E-state index contributed by atoms with van der Waals surface area (Å²) in [5.41, 5.74) is 4.85. The maximum atomic E-state index is 13.4. The second-order valence-electron chi connectivity index (χ2n) is 13.5. The zero-order valence-electron chi connectivity index (χ0n) is 27.4. The zero-order valence-corrected chi connectivity index (χ0v) is 28.2. The van der Waals surface area contributed by atoms with E-state index in [1.54, 1.807) is 4.90 Å². The summed E-state index contributed by atoms with van der Waals surface area (Å²) in [4.78, 5) is 27.2. The van der Waals surface area contributed by atoms with E-state index in [9.17, 15) is 18.5 Å². The van der Waals surface area contributed by atoms with Gasteiger partial charge in [0.05, 0.1) is 24.8 Å². The van der Waals surface area contributed by atoms with E-state index < -0.39 is 16.1 Å². The van der Waals surface area contributed by atoms with Crippen molar-refractivity contribution in [2.75, 3.05) is 69.0 Å². The minimum absolute atomic E-state index is 0.161. The molecular formula is C35H43N7O4S. The molecule has 0 N–H and O–H groups in total. The van der Waals surface area contributed by atoms with Crippen LogP contribution in [0.3, 0.4) is 0 Å². The number of likely N-dealkylation sites (N-methyl/N-ethyl adjacent to an activating group) is 1. The topological polar surface area (TPSA) is 113 Å². The molecule has 1 aromatic heterocycles. The smallest absolute Gasteiger partial charge is 0.242 e. The zero-order chi connectivity index (χ0) is 32.9. The third-order valence-electron chi connectivity index (χ3n) is 10.4. The molecule has 4 aliphatic rings. The number of carbonyl (C=O) groups is 1. The van der Waals surface area contributed by atoms with Crippen LogP contribution in [0.15, 0.2) is 42.5 Å². The Bertz CT molecular complexity index is 1840. The van der Waals surface area contributed by atoms with Gasteiger partial charge in [-0.3, -0.25) is 4.79 Å². The van der Waals surface area contributed by atoms with Crippen LogP contribution in [0.25, 0.3) is 10.8 Å². The van der Waals surface area contributed by atoms with E-state index in [1.165, 1.54) is 43.9 Å². The Hall–Kier alpha value is -3.92. The van der Waals surface area contributed by atoms with Gasteiger partial charge in [-0.2, -0.15) is 14.6 Å². The minimum atomic E-state index is -3.44. The lowest BCUT2D eigenvalue weighted by molar-refractivity contribution is -0.133. The predicted octanol–water partition coefficient (Wildman–Crippen LogP) is 3.15. The fourth-order valence-corrected chi connectivity index (χ4v) is 8.68. The van der Waals surface area contributed by atoms with Crippen molar-refractivity contribution in [2.45, 2.75) is 57.3 Å². The molecule has 3 saturated heterocycles. The highest BCUT2D eigenvalue weighted by molar-refractivity contribution is 7.88. The first-order chi connectivity index (χ1) is 22.6. The number of pyridine rings is 1. The number of piperazine rings is 1. The number of ether oxygens (including phenoxy) is 1. The molecule has 4 aliphatic heterocycles. The Kier molecular flexibility index (Phi) is 8.49. The Labute approximate surface area is 277 Å². The summed E-state index contributed by atoms with van der Waals surface area (Å²) in [7, 11) is -1.29. The van der Waals surface area contributed by atoms with Crippen molar-refractivity contribution in [3.05, 3.63) is 59.2 Å². The van der Waals surface area contributed by atoms with Crippen molar-refractivity contribution in [1.82, 2.24) is 19.1 Å². The molecule has 5 heterocycles. The normalized spacial score (nSPS) is 24.7. The molecule has 2 aromatic carbocycles. The third kappa shape index (κ3) is 6.24. The lowest BCUT2D eigenvalue weighted by Crippen LogP contribution is -2.57. The van der Waals surface area contributed by atoms with Crippen molar-refractivity contribution >= 4 is 38.2 Å². The van der Waals surface area contributed by atoms with Crippen LogP contribution in [0.1, 0.15) is 36.0 Å². The van der Waals surface area contributed by atoms with E-state index in [4.69, 9.17) is 9.72 Å². The summed E-state index contributed by atoms with van der Waals surface area (Å²) < 4.78 is 31.7. The first kappa shape index (κ1) is 31.7. The van der Waals surface area contributed by atoms with Gasteiger partial charge >= 0.3 is 0 Å². The maximum Gasteiger partial charge on any atom is 0.242 e. The molecule has 1 amide bonds. The SMILES string of the molecule is Cc1cccc2cccc(N3CCc4c(cc(OC[C@@H]5CCCN5C)nc4N4CCN(C(=O)[C@@H]5CN5S(C)(=O)=O)[C@@H](CC#N)C4)C3)c12. The molecular weight excluding hydrogens is 614 g/mol. The van der Waals surface area contributed by atoms with E-state index in [-0.39, 0.29) is 24.9 Å². The first-order valence-electron chi connectivity index (χ1n) is 16.6. The number of hydrogen-bond donors (Lipinski definition) is 0. The Morgan fingerprint density at radius 1 is 1.06 bits per heavy atom. The molecule has 0 radical (unpaired) electrons. The van der Waals surface area contributed by atoms with Gasteiger partial charge in [-0.05, 0) is 62.4 Å². The molecule has 12 heteroatoms. The molecule has 3 aromatic rings. The number of likely N-dealkylation sites (tertiary alicyclic amines) is 1. The maximum absolute atomic E-state index is 13.4. The van der Waals surface area contributed by atoms with Crippen LogP contribution in [-0.4, -0.2) is 111 Å². The van der Waals surface area contributed by atoms with Gasteiger partial charge in [-0.1, -0.05) is 30.3 Å². The Balaban J connectivity index is 1.18. The standard InChI is InChI=1S/C35H43N7O4S/c1-24-7-4-8-25-9-5-11-30(33(24)25)39-16-13-29-26(20-39)19-32(46-23-28-10-6-15-38(28)2)37-34(29)40-17-18-41(27(21-40)12-14-36)35(43)31-22-42(31)47(3,44)45/h4-5,7-9,11,19,27-28,31H,6,10,12-13,15-18,20-23H2,1-3H3/t27-,28-,31-,42?/m0/s1. The monoisotopic (exact) mass is 657 g/mol. The Morgan fingerprint density at radius 3 is 2.60 bits per heavy atom. The number of rotatable bonds is 8. The molecule has 0 saturated carbocycles. The second kappa shape index (κ2) is 12.6. The minimum Gasteiger partial charge on any atom is -0.476 e. The molecule has 1 unspecified atom stereocenters. The van der Waals surface area contributed by atoms with E-state index in [0.29, 0.717) is 38.2 Å². The van der Waals surface area contributed by atoms with Crippen LogP contribution in [0.4, 0.5) is 11.5 Å². The lowest BCUT2D eigenvalue weighted by atomic mass is 9.97. The number of amides is 1. The molecule has 0 spiro atoms. The van der Waals surface area contributed by atoms with Crippen molar-refractivity contribution in [3.8, 4) is 11.9 Å². The van der Waals surface area contributed by atoms with Crippen molar-refractivity contribution in [3.63, 3.8) is 0 Å². The summed E-state index contributed by atoms with van der Waals surface area (Å²) in [5, 5.41) is 12.2. The molecule has 0 aliphatic carbocycles. The number of nitriles is 1. The lowest BCUT2D eigenvalue weighted by Gasteiger charge is -2.42. The highest BCUT2D eigenvalue weighted by Gasteiger charge is 2.50. The number of aryl methyl sites for hydroxylation is 1. The molecule has 248 valence electrons. The summed E-state index contributed by atoms with van der Waals surface area (Å²) >= 11 is 0.